The minimum Gasteiger partial charge on any atom is -0.486 e. The Morgan fingerprint density at radius 2 is 2.00 bits per heavy atom. The average Bonchev–Trinajstić information content (AvgIpc) is 3.26. The van der Waals surface area contributed by atoms with Crippen LogP contribution in [0.25, 0.3) is 0 Å². The molecule has 1 aromatic heterocycles. The Bertz CT molecular complexity index is 850. The lowest BCUT2D eigenvalue weighted by Crippen LogP contribution is -2.50. The predicted molar refractivity (Wildman–Crippen MR) is 118 cm³/mol. The summed E-state index contributed by atoms with van der Waals surface area (Å²) in [5.41, 5.74) is 0.835. The Kier molecular flexibility index (Phi) is 7.78. The van der Waals surface area contributed by atoms with E-state index in [-0.39, 0.29) is 18.1 Å². The lowest BCUT2D eigenvalue weighted by Gasteiger charge is -2.36. The van der Waals surface area contributed by atoms with Crippen molar-refractivity contribution in [2.75, 3.05) is 19.6 Å². The third kappa shape index (κ3) is 6.31. The molecule has 8 heteroatoms. The maximum atomic E-state index is 11.5. The fraction of sp³-hybridized carbons (Fsp3) is 0.583. The molecule has 4 rings (SSSR count). The smallest absolute Gasteiger partial charge is 0.219 e. The Morgan fingerprint density at radius 1 is 1.22 bits per heavy atom. The first kappa shape index (κ1) is 22.8. The van der Waals surface area contributed by atoms with Crippen LogP contribution < -0.4 is 10.1 Å². The number of likely N-dealkylation sites (tertiary alicyclic amines) is 1. The van der Waals surface area contributed by atoms with E-state index in [0.717, 1.165) is 43.8 Å². The van der Waals surface area contributed by atoms with Crippen molar-refractivity contribution in [1.82, 2.24) is 15.4 Å². The fourth-order valence-electron chi connectivity index (χ4n) is 4.39. The number of aromatic nitrogens is 1. The second kappa shape index (κ2) is 10.9. The van der Waals surface area contributed by atoms with Gasteiger partial charge in [0.25, 0.3) is 0 Å². The molecule has 0 radical (unpaired) electrons. The molecular formula is C24H33N3O5. The molecule has 2 aliphatic rings. The number of nitrogens with one attached hydrogen (secondary N) is 1. The van der Waals surface area contributed by atoms with Crippen molar-refractivity contribution in [3.8, 4) is 5.75 Å². The lowest BCUT2D eigenvalue weighted by molar-refractivity contribution is -0.130. The van der Waals surface area contributed by atoms with Gasteiger partial charge in [0.2, 0.25) is 5.91 Å². The highest BCUT2D eigenvalue weighted by Gasteiger charge is 2.31. The number of carbonyl (C=O) groups excluding carboxylic acids is 1. The van der Waals surface area contributed by atoms with Crippen LogP contribution in [0.2, 0.25) is 0 Å². The summed E-state index contributed by atoms with van der Waals surface area (Å²) < 4.78 is 17.3. The zero-order valence-corrected chi connectivity index (χ0v) is 18.6. The van der Waals surface area contributed by atoms with E-state index in [1.807, 2.05) is 41.3 Å². The molecule has 32 heavy (non-hydrogen) atoms. The first-order valence-corrected chi connectivity index (χ1v) is 11.5. The Hall–Kier alpha value is -2.42. The van der Waals surface area contributed by atoms with Crippen LogP contribution in [0.5, 0.6) is 5.75 Å². The highest BCUT2D eigenvalue weighted by molar-refractivity contribution is 5.73. The largest absolute Gasteiger partial charge is 0.486 e. The van der Waals surface area contributed by atoms with Gasteiger partial charge in [0.05, 0.1) is 24.0 Å². The maximum absolute atomic E-state index is 11.5. The second-order valence-corrected chi connectivity index (χ2v) is 8.72. The summed E-state index contributed by atoms with van der Waals surface area (Å²) >= 11 is 0. The Morgan fingerprint density at radius 3 is 2.75 bits per heavy atom. The van der Waals surface area contributed by atoms with Crippen LogP contribution in [-0.2, 0) is 22.6 Å². The first-order valence-electron chi connectivity index (χ1n) is 11.5. The molecule has 2 saturated heterocycles. The number of carbonyl (C=O) groups is 1. The molecule has 3 atom stereocenters. The molecule has 0 aliphatic carbocycles. The van der Waals surface area contributed by atoms with Gasteiger partial charge < -0.3 is 29.3 Å². The van der Waals surface area contributed by atoms with E-state index >= 15 is 0 Å². The summed E-state index contributed by atoms with van der Waals surface area (Å²) in [6.45, 7) is 4.13. The van der Waals surface area contributed by atoms with Crippen LogP contribution in [0.4, 0.5) is 0 Å². The van der Waals surface area contributed by atoms with Gasteiger partial charge in [-0.05, 0) is 37.8 Å². The van der Waals surface area contributed by atoms with E-state index in [9.17, 15) is 9.90 Å². The molecular weight excluding hydrogens is 410 g/mol. The number of ether oxygens (including phenoxy) is 2. The number of piperidine rings is 1. The molecule has 174 valence electrons. The number of hydrogen-bond donors (Lipinski definition) is 2. The van der Waals surface area contributed by atoms with Crippen molar-refractivity contribution in [1.29, 1.82) is 0 Å². The zero-order valence-electron chi connectivity index (χ0n) is 18.6. The van der Waals surface area contributed by atoms with Crippen LogP contribution in [0.15, 0.2) is 40.9 Å². The third-order valence-electron chi connectivity index (χ3n) is 6.30. The molecule has 2 aromatic rings. The van der Waals surface area contributed by atoms with Crippen molar-refractivity contribution in [2.45, 2.75) is 70.0 Å². The number of amides is 1. The summed E-state index contributed by atoms with van der Waals surface area (Å²) in [4.78, 5) is 13.4. The van der Waals surface area contributed by atoms with Gasteiger partial charge in [0, 0.05) is 45.1 Å². The number of hydrogen-bond acceptors (Lipinski definition) is 7. The Balaban J connectivity index is 1.21. The van der Waals surface area contributed by atoms with E-state index < -0.39 is 6.10 Å². The van der Waals surface area contributed by atoms with Crippen LogP contribution in [0, 0.1) is 0 Å². The van der Waals surface area contributed by atoms with Gasteiger partial charge in [-0.2, -0.15) is 0 Å². The van der Waals surface area contributed by atoms with Crippen LogP contribution in [0.1, 0.15) is 44.1 Å². The lowest BCUT2D eigenvalue weighted by atomic mass is 9.97. The number of benzene rings is 1. The standard InChI is InChI=1S/C24H33N3O5/c1-17(28)27-11-9-18(10-12-27)25-15-24-23(29)8-7-21(31-24)13-19-14-22(32-26-19)16-30-20-5-3-2-4-6-20/h2-6,14,18,21,23-25,29H,7-13,15-16H2,1H3/t21-,23-,24+/m0/s1. The van der Waals surface area contributed by atoms with Gasteiger partial charge >= 0.3 is 0 Å². The zero-order chi connectivity index (χ0) is 22.3. The summed E-state index contributed by atoms with van der Waals surface area (Å²) in [7, 11) is 0. The van der Waals surface area contributed by atoms with Gasteiger partial charge in [0.1, 0.15) is 12.4 Å². The summed E-state index contributed by atoms with van der Waals surface area (Å²) in [5.74, 6) is 1.60. The van der Waals surface area contributed by atoms with Gasteiger partial charge in [-0.25, -0.2) is 0 Å². The molecule has 0 spiro atoms. The van der Waals surface area contributed by atoms with E-state index in [0.29, 0.717) is 37.8 Å². The molecule has 0 saturated carbocycles. The van der Waals surface area contributed by atoms with Crippen molar-refractivity contribution in [3.63, 3.8) is 0 Å². The number of para-hydroxylation sites is 1. The molecule has 2 fully saturated rings. The molecule has 0 unspecified atom stereocenters. The van der Waals surface area contributed by atoms with Gasteiger partial charge in [-0.1, -0.05) is 23.4 Å². The van der Waals surface area contributed by atoms with Crippen molar-refractivity contribution < 1.29 is 23.9 Å². The average molecular weight is 444 g/mol. The Labute approximate surface area is 188 Å². The van der Waals surface area contributed by atoms with E-state index in [1.165, 1.54) is 0 Å². The molecule has 1 amide bonds. The van der Waals surface area contributed by atoms with Gasteiger partial charge in [-0.3, -0.25) is 4.79 Å². The summed E-state index contributed by atoms with van der Waals surface area (Å²) in [5, 5.41) is 18.1. The SMILES string of the molecule is CC(=O)N1CCC(NC[C@H]2O[C@H](Cc3cc(COc4ccccc4)on3)CC[C@@H]2O)CC1. The highest BCUT2D eigenvalue weighted by atomic mass is 16.5. The molecule has 1 aromatic carbocycles. The molecule has 2 aliphatic heterocycles. The topological polar surface area (TPSA) is 97.1 Å². The first-order chi connectivity index (χ1) is 15.6. The third-order valence-corrected chi connectivity index (χ3v) is 6.30. The summed E-state index contributed by atoms with van der Waals surface area (Å²) in [6.07, 6.45) is 3.29. The highest BCUT2D eigenvalue weighted by Crippen LogP contribution is 2.23. The predicted octanol–water partition coefficient (Wildman–Crippen LogP) is 2.31. The van der Waals surface area contributed by atoms with Crippen LogP contribution in [0.3, 0.4) is 0 Å². The maximum Gasteiger partial charge on any atom is 0.219 e. The van der Waals surface area contributed by atoms with E-state index in [2.05, 4.69) is 10.5 Å². The fourth-order valence-corrected chi connectivity index (χ4v) is 4.39. The minimum atomic E-state index is -0.469. The minimum absolute atomic E-state index is 0.00208. The molecule has 0 bridgehead atoms. The summed E-state index contributed by atoms with van der Waals surface area (Å²) in [6, 6.07) is 11.9. The molecule has 2 N–H and O–H groups in total. The number of rotatable bonds is 8. The van der Waals surface area contributed by atoms with Crippen molar-refractivity contribution in [3.05, 3.63) is 47.9 Å². The number of aliphatic hydroxyl groups excluding tert-OH is 1. The number of nitrogens with zero attached hydrogens (tertiary/aromatic N) is 2. The van der Waals surface area contributed by atoms with Crippen LogP contribution >= 0.6 is 0 Å². The van der Waals surface area contributed by atoms with Gasteiger partial charge in [-0.15, -0.1) is 0 Å². The molecule has 3 heterocycles. The monoisotopic (exact) mass is 443 g/mol. The van der Waals surface area contributed by atoms with Crippen molar-refractivity contribution >= 4 is 5.91 Å². The molecule has 8 nitrogen and oxygen atoms in total. The second-order valence-electron chi connectivity index (χ2n) is 8.72. The number of aliphatic hydroxyl groups is 1. The van der Waals surface area contributed by atoms with Crippen LogP contribution in [-0.4, -0.2) is 65.1 Å². The van der Waals surface area contributed by atoms with E-state index in [4.69, 9.17) is 14.0 Å². The van der Waals surface area contributed by atoms with Crippen molar-refractivity contribution in [2.24, 2.45) is 0 Å². The quantitative estimate of drug-likeness (QED) is 0.646. The van der Waals surface area contributed by atoms with Gasteiger partial charge in [0.15, 0.2) is 5.76 Å². The van der Waals surface area contributed by atoms with E-state index in [1.54, 1.807) is 6.92 Å². The normalized spacial score (nSPS) is 24.4.